The third kappa shape index (κ3) is 3.67. The van der Waals surface area contributed by atoms with Crippen LogP contribution in [0.3, 0.4) is 0 Å². The first-order valence-corrected chi connectivity index (χ1v) is 11.1. The first kappa shape index (κ1) is 21.7. The molecule has 4 rings (SSSR count). The molecule has 1 unspecified atom stereocenters. The van der Waals surface area contributed by atoms with Crippen molar-refractivity contribution in [2.45, 2.75) is 68.0 Å². The molecule has 7 heteroatoms. The molecule has 1 aliphatic heterocycles. The van der Waals surface area contributed by atoms with Crippen molar-refractivity contribution in [2.75, 3.05) is 33.7 Å². The molecule has 3 fully saturated rings. The van der Waals surface area contributed by atoms with Crippen molar-refractivity contribution in [2.24, 2.45) is 0 Å². The second-order valence-electron chi connectivity index (χ2n) is 9.87. The van der Waals surface area contributed by atoms with Crippen LogP contribution in [0.25, 0.3) is 0 Å². The highest BCUT2D eigenvalue weighted by atomic mass is 16.4. The smallest absolute Gasteiger partial charge is 0.317 e. The summed E-state index contributed by atoms with van der Waals surface area (Å²) in [6.45, 7) is 0.745. The summed E-state index contributed by atoms with van der Waals surface area (Å²) in [5.74, 6) is -0.934. The lowest BCUT2D eigenvalue weighted by Crippen LogP contribution is -2.60. The highest BCUT2D eigenvalue weighted by Gasteiger charge is 2.56. The van der Waals surface area contributed by atoms with Gasteiger partial charge in [0.25, 0.3) is 0 Å². The van der Waals surface area contributed by atoms with Crippen LogP contribution >= 0.6 is 0 Å². The Morgan fingerprint density at radius 1 is 1.10 bits per heavy atom. The van der Waals surface area contributed by atoms with Crippen LogP contribution in [0.2, 0.25) is 0 Å². The number of aliphatic hydroxyl groups is 2. The molecule has 0 amide bonds. The Morgan fingerprint density at radius 2 is 1.73 bits per heavy atom. The van der Waals surface area contributed by atoms with Crippen LogP contribution in [0.4, 0.5) is 0 Å². The first-order valence-electron chi connectivity index (χ1n) is 11.1. The third-order valence-corrected chi connectivity index (χ3v) is 7.97. The van der Waals surface area contributed by atoms with E-state index in [0.29, 0.717) is 13.1 Å². The minimum atomic E-state index is -0.964. The van der Waals surface area contributed by atoms with E-state index in [0.717, 1.165) is 44.9 Å². The minimum Gasteiger partial charge on any atom is -0.480 e. The van der Waals surface area contributed by atoms with Gasteiger partial charge in [0.2, 0.25) is 0 Å². The summed E-state index contributed by atoms with van der Waals surface area (Å²) in [6.07, 6.45) is 5.08. The van der Waals surface area contributed by atoms with E-state index in [9.17, 15) is 20.1 Å². The predicted octanol–water partition coefficient (Wildman–Crippen LogP) is 1.65. The van der Waals surface area contributed by atoms with Gasteiger partial charge >= 0.3 is 5.97 Å². The van der Waals surface area contributed by atoms with Crippen LogP contribution in [0, 0.1) is 0 Å². The van der Waals surface area contributed by atoms with E-state index < -0.39 is 17.9 Å². The number of β-amino-alcohol motifs (C(OH)–C–C–N with tert-alkyl or cyclic N) is 1. The molecule has 0 bridgehead atoms. The fourth-order valence-corrected chi connectivity index (χ4v) is 5.93. The minimum absolute atomic E-state index is 0.0727. The fourth-order valence-electron chi connectivity index (χ4n) is 5.93. The lowest BCUT2D eigenvalue weighted by atomic mass is 9.67. The van der Waals surface area contributed by atoms with Gasteiger partial charge in [-0.15, -0.1) is 0 Å². The summed E-state index contributed by atoms with van der Waals surface area (Å²) >= 11 is 0. The van der Waals surface area contributed by atoms with E-state index in [1.807, 2.05) is 11.0 Å². The van der Waals surface area contributed by atoms with Crippen LogP contribution in [-0.4, -0.2) is 87.2 Å². The van der Waals surface area contributed by atoms with Crippen molar-refractivity contribution in [3.05, 3.63) is 35.9 Å². The number of nitrogens with zero attached hydrogens (tertiary/aromatic N) is 3. The van der Waals surface area contributed by atoms with Crippen molar-refractivity contribution in [1.82, 2.24) is 14.7 Å². The summed E-state index contributed by atoms with van der Waals surface area (Å²) in [7, 11) is 4.25. The van der Waals surface area contributed by atoms with Gasteiger partial charge < -0.3 is 15.3 Å². The van der Waals surface area contributed by atoms with Gasteiger partial charge in [0.15, 0.2) is 6.35 Å². The third-order valence-electron chi connectivity index (χ3n) is 7.97. The maximum absolute atomic E-state index is 11.4. The molecule has 1 spiro atoms. The van der Waals surface area contributed by atoms with E-state index in [1.54, 1.807) is 4.90 Å². The zero-order valence-electron chi connectivity index (χ0n) is 18.1. The number of hydrogen-bond donors (Lipinski definition) is 3. The lowest BCUT2D eigenvalue weighted by Gasteiger charge is -2.53. The second-order valence-corrected chi connectivity index (χ2v) is 9.87. The summed E-state index contributed by atoms with van der Waals surface area (Å²) in [5, 5.41) is 31.2. The molecule has 1 atom stereocenters. The van der Waals surface area contributed by atoms with E-state index >= 15 is 0 Å². The van der Waals surface area contributed by atoms with Crippen molar-refractivity contribution < 1.29 is 20.1 Å². The van der Waals surface area contributed by atoms with Crippen LogP contribution in [-0.2, 0) is 10.3 Å². The molecule has 166 valence electrons. The maximum Gasteiger partial charge on any atom is 0.317 e. The quantitative estimate of drug-likeness (QED) is 0.649. The second kappa shape index (κ2) is 7.88. The molecule has 7 nitrogen and oxygen atoms in total. The maximum atomic E-state index is 11.4. The van der Waals surface area contributed by atoms with E-state index in [2.05, 4.69) is 43.3 Å². The molecule has 3 aliphatic rings. The number of rotatable bonds is 6. The summed E-state index contributed by atoms with van der Waals surface area (Å²) in [4.78, 5) is 17.3. The zero-order valence-corrected chi connectivity index (χ0v) is 18.1. The number of aliphatic hydroxyl groups excluding tert-OH is 1. The topological polar surface area (TPSA) is 87.5 Å². The standard InChI is InChI=1S/C23H35N3O4/c1-24(2)23(18-7-4-3-5-8-18)13-11-21(12-14-23)16-25(15-19(27)28)20(29)26(21)17-22(30)9-6-10-22/h3-5,7-8,20,29-30H,6,9-17H2,1-2H3,(H,27,28). The average molecular weight is 418 g/mol. The number of benzene rings is 1. The monoisotopic (exact) mass is 417 g/mol. The molecule has 0 aromatic heterocycles. The SMILES string of the molecule is CN(C)C1(c2ccccc2)CCC2(CC1)CN(CC(=O)O)C(O)N2CC1(O)CCC1. The molecule has 0 radical (unpaired) electrons. The van der Waals surface area contributed by atoms with E-state index in [-0.39, 0.29) is 17.6 Å². The van der Waals surface area contributed by atoms with Gasteiger partial charge in [-0.3, -0.25) is 19.5 Å². The molecule has 1 aromatic carbocycles. The highest BCUT2D eigenvalue weighted by molar-refractivity contribution is 5.69. The van der Waals surface area contributed by atoms with Crippen molar-refractivity contribution in [1.29, 1.82) is 0 Å². The molecule has 2 aliphatic carbocycles. The number of aliphatic carboxylic acids is 1. The van der Waals surface area contributed by atoms with E-state index in [4.69, 9.17) is 0 Å². The number of carboxylic acid groups (broad SMARTS) is 1. The van der Waals surface area contributed by atoms with Gasteiger partial charge in [-0.2, -0.15) is 0 Å². The van der Waals surface area contributed by atoms with Crippen LogP contribution in [0.1, 0.15) is 50.5 Å². The largest absolute Gasteiger partial charge is 0.480 e. The summed E-state index contributed by atoms with van der Waals surface area (Å²) < 4.78 is 0. The van der Waals surface area contributed by atoms with Gasteiger partial charge in [-0.05, 0) is 64.6 Å². The molecule has 2 saturated carbocycles. The Labute approximate surface area is 178 Å². The fraction of sp³-hybridized carbons (Fsp3) is 0.696. The molecule has 1 heterocycles. The summed E-state index contributed by atoms with van der Waals surface area (Å²) in [5.41, 5.74) is 0.156. The predicted molar refractivity (Wildman–Crippen MR) is 114 cm³/mol. The highest BCUT2D eigenvalue weighted by Crippen LogP contribution is 2.50. The number of carboxylic acids is 1. The Kier molecular flexibility index (Phi) is 5.70. The average Bonchev–Trinajstić information content (AvgIpc) is 2.93. The van der Waals surface area contributed by atoms with Gasteiger partial charge in [-0.25, -0.2) is 0 Å². The van der Waals surface area contributed by atoms with Crippen molar-refractivity contribution in [3.63, 3.8) is 0 Å². The van der Waals surface area contributed by atoms with Gasteiger partial charge in [0.05, 0.1) is 12.1 Å². The molecule has 30 heavy (non-hydrogen) atoms. The van der Waals surface area contributed by atoms with Crippen LogP contribution in [0.15, 0.2) is 30.3 Å². The Balaban J connectivity index is 1.60. The van der Waals surface area contributed by atoms with Crippen LogP contribution < -0.4 is 0 Å². The van der Waals surface area contributed by atoms with E-state index in [1.165, 1.54) is 5.56 Å². The van der Waals surface area contributed by atoms with Gasteiger partial charge in [0, 0.05) is 24.2 Å². The lowest BCUT2D eigenvalue weighted by molar-refractivity contribution is -0.153. The summed E-state index contributed by atoms with van der Waals surface area (Å²) in [6, 6.07) is 10.6. The van der Waals surface area contributed by atoms with Gasteiger partial charge in [-0.1, -0.05) is 30.3 Å². The Bertz CT molecular complexity index is 757. The normalized spacial score (nSPS) is 34.4. The number of hydrogen-bond acceptors (Lipinski definition) is 6. The number of carbonyl (C=O) groups is 1. The Morgan fingerprint density at radius 3 is 2.23 bits per heavy atom. The molecular formula is C23H35N3O4. The molecular weight excluding hydrogens is 382 g/mol. The van der Waals surface area contributed by atoms with Gasteiger partial charge in [0.1, 0.15) is 0 Å². The van der Waals surface area contributed by atoms with Crippen molar-refractivity contribution in [3.8, 4) is 0 Å². The zero-order chi connectivity index (χ0) is 21.6. The first-order chi connectivity index (χ1) is 14.2. The molecule has 1 saturated heterocycles. The van der Waals surface area contributed by atoms with Crippen molar-refractivity contribution >= 4 is 5.97 Å². The van der Waals surface area contributed by atoms with Crippen LogP contribution in [0.5, 0.6) is 0 Å². The Hall–Kier alpha value is -1.51. The molecule has 1 aromatic rings. The molecule has 3 N–H and O–H groups in total.